The lowest BCUT2D eigenvalue weighted by atomic mass is 9.78. The summed E-state index contributed by atoms with van der Waals surface area (Å²) in [5, 5.41) is 3.43. The summed E-state index contributed by atoms with van der Waals surface area (Å²) in [6, 6.07) is 3.65. The third-order valence-corrected chi connectivity index (χ3v) is 3.87. The number of rotatable bonds is 6. The monoisotopic (exact) mass is 281 g/mol. The van der Waals surface area contributed by atoms with Crippen molar-refractivity contribution in [1.82, 2.24) is 5.32 Å². The number of nitrogens with one attached hydrogen (secondary N) is 1. The lowest BCUT2D eigenvalue weighted by Crippen LogP contribution is -2.27. The van der Waals surface area contributed by atoms with Crippen molar-refractivity contribution >= 4 is 5.97 Å². The third kappa shape index (κ3) is 4.37. The van der Waals surface area contributed by atoms with Gasteiger partial charge in [-0.3, -0.25) is 0 Å². The van der Waals surface area contributed by atoms with E-state index in [-0.39, 0.29) is 17.2 Å². The van der Waals surface area contributed by atoms with Crippen LogP contribution in [0.4, 0.5) is 0 Å². The Labute approximate surface area is 121 Å². The molecule has 0 bridgehead atoms. The first kappa shape index (κ1) is 16.8. The number of carbonyl (C=O) groups excluding carboxylic acids is 1. The van der Waals surface area contributed by atoms with Crippen molar-refractivity contribution in [3.63, 3.8) is 0 Å². The number of hydrogen-bond donors (Lipinski definition) is 1. The Morgan fingerprint density at radius 1 is 1.40 bits per heavy atom. The highest BCUT2D eigenvalue weighted by Gasteiger charge is 2.26. The maximum absolute atomic E-state index is 11.5. The SMILES string of the molecule is CCNC(CC(C)C(C)(C)C)c1ccc(C(=O)OC)o1. The van der Waals surface area contributed by atoms with Gasteiger partial charge in [0.25, 0.3) is 0 Å². The molecule has 0 radical (unpaired) electrons. The van der Waals surface area contributed by atoms with Gasteiger partial charge < -0.3 is 14.5 Å². The molecule has 0 amide bonds. The lowest BCUT2D eigenvalue weighted by molar-refractivity contribution is 0.0561. The van der Waals surface area contributed by atoms with E-state index in [1.165, 1.54) is 7.11 Å². The number of ether oxygens (including phenoxy) is 1. The fraction of sp³-hybridized carbons (Fsp3) is 0.688. The van der Waals surface area contributed by atoms with E-state index in [4.69, 9.17) is 4.42 Å². The summed E-state index contributed by atoms with van der Waals surface area (Å²) in [7, 11) is 1.36. The normalized spacial score (nSPS) is 14.9. The minimum absolute atomic E-state index is 0.118. The van der Waals surface area contributed by atoms with Crippen LogP contribution in [0.3, 0.4) is 0 Å². The average molecular weight is 281 g/mol. The summed E-state index contributed by atoms with van der Waals surface area (Å²) in [5.74, 6) is 1.14. The van der Waals surface area contributed by atoms with Crippen molar-refractivity contribution in [2.45, 2.75) is 47.1 Å². The second-order valence-corrected chi connectivity index (χ2v) is 6.31. The highest BCUT2D eigenvalue weighted by molar-refractivity contribution is 5.86. The zero-order valence-electron chi connectivity index (χ0n) is 13.4. The van der Waals surface area contributed by atoms with Gasteiger partial charge in [0, 0.05) is 0 Å². The summed E-state index contributed by atoms with van der Waals surface area (Å²) in [6.07, 6.45) is 0.964. The molecule has 1 rings (SSSR count). The number of methoxy groups -OCH3 is 1. The van der Waals surface area contributed by atoms with Crippen molar-refractivity contribution in [2.75, 3.05) is 13.7 Å². The van der Waals surface area contributed by atoms with Gasteiger partial charge in [-0.2, -0.15) is 0 Å². The summed E-state index contributed by atoms with van der Waals surface area (Å²) < 4.78 is 10.3. The van der Waals surface area contributed by atoms with E-state index in [1.807, 2.05) is 6.07 Å². The molecule has 0 saturated carbocycles. The van der Waals surface area contributed by atoms with Crippen LogP contribution in [0.1, 0.15) is 63.4 Å². The van der Waals surface area contributed by atoms with Gasteiger partial charge in [-0.25, -0.2) is 4.79 Å². The van der Waals surface area contributed by atoms with Crippen molar-refractivity contribution in [3.8, 4) is 0 Å². The van der Waals surface area contributed by atoms with Crippen LogP contribution >= 0.6 is 0 Å². The van der Waals surface area contributed by atoms with Crippen molar-refractivity contribution in [3.05, 3.63) is 23.7 Å². The Kier molecular flexibility index (Phi) is 5.81. The summed E-state index contributed by atoms with van der Waals surface area (Å²) >= 11 is 0. The molecular weight excluding hydrogens is 254 g/mol. The molecule has 4 nitrogen and oxygen atoms in total. The van der Waals surface area contributed by atoms with Crippen LogP contribution in [-0.4, -0.2) is 19.6 Å². The van der Waals surface area contributed by atoms with Gasteiger partial charge in [0.2, 0.25) is 5.76 Å². The fourth-order valence-electron chi connectivity index (χ4n) is 2.00. The van der Waals surface area contributed by atoms with Crippen LogP contribution < -0.4 is 5.32 Å². The molecule has 1 aromatic rings. The number of furan rings is 1. The van der Waals surface area contributed by atoms with Gasteiger partial charge in [-0.05, 0) is 36.4 Å². The van der Waals surface area contributed by atoms with Crippen molar-refractivity contribution < 1.29 is 13.9 Å². The van der Waals surface area contributed by atoms with Gasteiger partial charge >= 0.3 is 5.97 Å². The highest BCUT2D eigenvalue weighted by Crippen LogP contribution is 2.33. The predicted octanol–water partition coefficient (Wildman–Crippen LogP) is 3.79. The number of carbonyl (C=O) groups is 1. The smallest absolute Gasteiger partial charge is 0.373 e. The second-order valence-electron chi connectivity index (χ2n) is 6.31. The van der Waals surface area contributed by atoms with E-state index in [2.05, 4.69) is 44.7 Å². The first-order chi connectivity index (χ1) is 9.29. The Hall–Kier alpha value is -1.29. The van der Waals surface area contributed by atoms with E-state index in [1.54, 1.807) is 6.07 Å². The molecule has 0 aliphatic rings. The maximum atomic E-state index is 11.5. The predicted molar refractivity (Wildman–Crippen MR) is 79.7 cm³/mol. The average Bonchev–Trinajstić information content (AvgIpc) is 2.85. The Bertz CT molecular complexity index is 431. The molecule has 0 fully saturated rings. The summed E-state index contributed by atoms with van der Waals surface area (Å²) in [5.41, 5.74) is 0.242. The van der Waals surface area contributed by atoms with Crippen LogP contribution in [0.25, 0.3) is 0 Å². The minimum Gasteiger partial charge on any atom is -0.463 e. The molecular formula is C16H27NO3. The zero-order valence-corrected chi connectivity index (χ0v) is 13.4. The van der Waals surface area contributed by atoms with Crippen LogP contribution in [0.2, 0.25) is 0 Å². The molecule has 1 N–H and O–H groups in total. The Morgan fingerprint density at radius 2 is 2.05 bits per heavy atom. The molecule has 114 valence electrons. The number of esters is 1. The summed E-state index contributed by atoms with van der Waals surface area (Å²) in [6.45, 7) is 11.9. The highest BCUT2D eigenvalue weighted by atomic mass is 16.5. The quantitative estimate of drug-likeness (QED) is 0.806. The molecule has 2 atom stereocenters. The van der Waals surface area contributed by atoms with Gasteiger partial charge in [-0.15, -0.1) is 0 Å². The van der Waals surface area contributed by atoms with E-state index in [0.29, 0.717) is 5.92 Å². The standard InChI is InChI=1S/C16H27NO3/c1-7-17-12(10-11(2)16(3,4)5)13-8-9-14(20-13)15(18)19-6/h8-9,11-12,17H,7,10H2,1-6H3. The molecule has 1 heterocycles. The van der Waals surface area contributed by atoms with E-state index in [0.717, 1.165) is 18.7 Å². The first-order valence-corrected chi connectivity index (χ1v) is 7.21. The molecule has 20 heavy (non-hydrogen) atoms. The maximum Gasteiger partial charge on any atom is 0.373 e. The van der Waals surface area contributed by atoms with Gasteiger partial charge in [0.05, 0.1) is 13.2 Å². The molecule has 1 aromatic heterocycles. The van der Waals surface area contributed by atoms with E-state index >= 15 is 0 Å². The first-order valence-electron chi connectivity index (χ1n) is 7.21. The second kappa shape index (κ2) is 6.93. The molecule has 0 aromatic carbocycles. The lowest BCUT2D eigenvalue weighted by Gasteiger charge is -2.30. The van der Waals surface area contributed by atoms with Crippen molar-refractivity contribution in [1.29, 1.82) is 0 Å². The van der Waals surface area contributed by atoms with Gasteiger partial charge in [0.1, 0.15) is 5.76 Å². The fourth-order valence-corrected chi connectivity index (χ4v) is 2.00. The molecule has 2 unspecified atom stereocenters. The Balaban J connectivity index is 2.85. The molecule has 4 heteroatoms. The molecule has 0 aliphatic heterocycles. The van der Waals surface area contributed by atoms with Crippen molar-refractivity contribution in [2.24, 2.45) is 11.3 Å². The van der Waals surface area contributed by atoms with E-state index < -0.39 is 5.97 Å². The summed E-state index contributed by atoms with van der Waals surface area (Å²) in [4.78, 5) is 11.5. The van der Waals surface area contributed by atoms with Gasteiger partial charge in [-0.1, -0.05) is 34.6 Å². The van der Waals surface area contributed by atoms with E-state index in [9.17, 15) is 4.79 Å². The largest absolute Gasteiger partial charge is 0.463 e. The van der Waals surface area contributed by atoms with Crippen LogP contribution in [0.15, 0.2) is 16.5 Å². The molecule has 0 spiro atoms. The minimum atomic E-state index is -0.435. The molecule has 0 saturated heterocycles. The zero-order chi connectivity index (χ0) is 15.3. The molecule has 0 aliphatic carbocycles. The van der Waals surface area contributed by atoms with Gasteiger partial charge in [0.15, 0.2) is 0 Å². The topological polar surface area (TPSA) is 51.5 Å². The number of hydrogen-bond acceptors (Lipinski definition) is 4. The van der Waals surface area contributed by atoms with Crippen LogP contribution in [0, 0.1) is 11.3 Å². The Morgan fingerprint density at radius 3 is 2.55 bits per heavy atom. The third-order valence-electron chi connectivity index (χ3n) is 3.87. The van der Waals surface area contributed by atoms with Crippen LogP contribution in [-0.2, 0) is 4.74 Å². The van der Waals surface area contributed by atoms with Crippen LogP contribution in [0.5, 0.6) is 0 Å².